The third-order valence-electron chi connectivity index (χ3n) is 3.10. The second-order valence-corrected chi connectivity index (χ2v) is 7.20. The van der Waals surface area contributed by atoms with E-state index in [4.69, 9.17) is 4.74 Å². The molecule has 0 aliphatic carbocycles. The molecule has 5 nitrogen and oxygen atoms in total. The monoisotopic (exact) mass is 298 g/mol. The van der Waals surface area contributed by atoms with Crippen molar-refractivity contribution >= 4 is 10.0 Å². The molecule has 1 aliphatic rings. The van der Waals surface area contributed by atoms with Gasteiger partial charge < -0.3 is 10.1 Å². The average molecular weight is 298 g/mol. The van der Waals surface area contributed by atoms with Crippen LogP contribution in [0.2, 0.25) is 0 Å². The quantitative estimate of drug-likeness (QED) is 0.832. The van der Waals surface area contributed by atoms with Crippen LogP contribution in [0.4, 0.5) is 0 Å². The van der Waals surface area contributed by atoms with Crippen molar-refractivity contribution in [3.05, 3.63) is 24.3 Å². The lowest BCUT2D eigenvalue weighted by Gasteiger charge is -2.13. The number of rotatable bonds is 6. The lowest BCUT2D eigenvalue weighted by Crippen LogP contribution is -2.36. The van der Waals surface area contributed by atoms with E-state index in [-0.39, 0.29) is 10.9 Å². The van der Waals surface area contributed by atoms with Gasteiger partial charge in [0, 0.05) is 12.6 Å². The molecule has 0 saturated carbocycles. The number of hydrogen-bond acceptors (Lipinski definition) is 4. The Hall–Kier alpha value is -1.11. The van der Waals surface area contributed by atoms with Gasteiger partial charge in [0.2, 0.25) is 10.0 Å². The van der Waals surface area contributed by atoms with Gasteiger partial charge in [0.05, 0.1) is 11.5 Å². The molecule has 0 aromatic heterocycles. The highest BCUT2D eigenvalue weighted by molar-refractivity contribution is 7.89. The molecule has 1 unspecified atom stereocenters. The molecule has 1 aliphatic heterocycles. The molecule has 1 aromatic carbocycles. The minimum atomic E-state index is -3.44. The number of ether oxygens (including phenoxy) is 1. The van der Waals surface area contributed by atoms with E-state index in [2.05, 4.69) is 23.9 Å². The van der Waals surface area contributed by atoms with Crippen molar-refractivity contribution in [1.82, 2.24) is 10.0 Å². The first-order chi connectivity index (χ1) is 9.47. The number of nitrogens with one attached hydrogen (secondary N) is 2. The van der Waals surface area contributed by atoms with E-state index >= 15 is 0 Å². The fourth-order valence-electron chi connectivity index (χ4n) is 2.02. The molecule has 2 rings (SSSR count). The van der Waals surface area contributed by atoms with Crippen LogP contribution in [0.25, 0.3) is 0 Å². The minimum absolute atomic E-state index is 0.0168. The molecule has 1 heterocycles. The molecular weight excluding hydrogens is 276 g/mol. The van der Waals surface area contributed by atoms with Gasteiger partial charge in [-0.05, 0) is 43.1 Å². The van der Waals surface area contributed by atoms with E-state index in [9.17, 15) is 8.42 Å². The molecule has 0 amide bonds. The molecule has 112 valence electrons. The van der Waals surface area contributed by atoms with E-state index in [1.54, 1.807) is 24.3 Å². The average Bonchev–Trinajstić information content (AvgIpc) is 2.89. The second kappa shape index (κ2) is 6.56. The zero-order valence-electron chi connectivity index (χ0n) is 11.9. The molecule has 1 atom stereocenters. The highest BCUT2D eigenvalue weighted by Gasteiger charge is 2.22. The van der Waals surface area contributed by atoms with Crippen LogP contribution in [0.3, 0.4) is 0 Å². The maximum atomic E-state index is 12.2. The van der Waals surface area contributed by atoms with Crippen LogP contribution in [-0.4, -0.2) is 34.2 Å². The van der Waals surface area contributed by atoms with E-state index in [1.807, 2.05) is 0 Å². The summed E-state index contributed by atoms with van der Waals surface area (Å²) < 4.78 is 32.6. The number of sulfonamides is 1. The van der Waals surface area contributed by atoms with Gasteiger partial charge in [0.25, 0.3) is 0 Å². The predicted octanol–water partition coefficient (Wildman–Crippen LogP) is 1.36. The third-order valence-corrected chi connectivity index (χ3v) is 4.64. The third kappa shape index (κ3) is 4.19. The molecule has 0 bridgehead atoms. The molecule has 2 N–H and O–H groups in total. The van der Waals surface area contributed by atoms with Crippen molar-refractivity contribution in [3.63, 3.8) is 0 Å². The summed E-state index contributed by atoms with van der Waals surface area (Å²) in [6.07, 6.45) is 0.828. The van der Waals surface area contributed by atoms with Crippen LogP contribution in [0.1, 0.15) is 20.3 Å². The Morgan fingerprint density at radius 1 is 1.35 bits per heavy atom. The zero-order valence-corrected chi connectivity index (χ0v) is 12.7. The lowest BCUT2D eigenvalue weighted by atomic mass is 10.2. The molecule has 1 saturated heterocycles. The van der Waals surface area contributed by atoms with Gasteiger partial charge >= 0.3 is 0 Å². The van der Waals surface area contributed by atoms with E-state index in [0.29, 0.717) is 24.8 Å². The van der Waals surface area contributed by atoms with Gasteiger partial charge in [-0.15, -0.1) is 0 Å². The Kier molecular flexibility index (Phi) is 5.01. The Balaban J connectivity index is 2.00. The minimum Gasteiger partial charge on any atom is -0.493 e. The molecule has 1 aromatic rings. The van der Waals surface area contributed by atoms with Crippen molar-refractivity contribution < 1.29 is 13.2 Å². The second-order valence-electron chi connectivity index (χ2n) is 5.49. The first-order valence-corrected chi connectivity index (χ1v) is 8.41. The maximum Gasteiger partial charge on any atom is 0.240 e. The zero-order chi connectivity index (χ0) is 14.6. The van der Waals surface area contributed by atoms with Crippen LogP contribution in [-0.2, 0) is 10.0 Å². The van der Waals surface area contributed by atoms with Crippen LogP contribution >= 0.6 is 0 Å². The van der Waals surface area contributed by atoms with Crippen molar-refractivity contribution in [2.45, 2.75) is 31.2 Å². The summed E-state index contributed by atoms with van der Waals surface area (Å²) in [6.45, 7) is 6.30. The molecule has 0 spiro atoms. The maximum absolute atomic E-state index is 12.2. The van der Waals surface area contributed by atoms with Gasteiger partial charge in [0.1, 0.15) is 5.75 Å². The number of benzene rings is 1. The van der Waals surface area contributed by atoms with Crippen molar-refractivity contribution in [3.8, 4) is 5.75 Å². The summed E-state index contributed by atoms with van der Waals surface area (Å²) in [4.78, 5) is 0.279. The summed E-state index contributed by atoms with van der Waals surface area (Å²) in [6, 6.07) is 6.55. The summed E-state index contributed by atoms with van der Waals surface area (Å²) in [5, 5.41) is 3.14. The first kappa shape index (κ1) is 15.3. The van der Waals surface area contributed by atoms with E-state index in [0.717, 1.165) is 13.0 Å². The van der Waals surface area contributed by atoms with Crippen molar-refractivity contribution in [2.24, 2.45) is 5.92 Å². The predicted molar refractivity (Wildman–Crippen MR) is 78.4 cm³/mol. The Morgan fingerprint density at radius 3 is 2.60 bits per heavy atom. The molecular formula is C14H22N2O3S. The van der Waals surface area contributed by atoms with E-state index in [1.165, 1.54) is 0 Å². The molecule has 0 radical (unpaired) electrons. The normalized spacial score (nSPS) is 19.4. The highest BCUT2D eigenvalue weighted by atomic mass is 32.2. The Bertz CT molecular complexity index is 520. The lowest BCUT2D eigenvalue weighted by molar-refractivity contribution is 0.271. The Labute approximate surface area is 120 Å². The summed E-state index contributed by atoms with van der Waals surface area (Å²) >= 11 is 0. The summed E-state index contributed by atoms with van der Waals surface area (Å²) in [5.41, 5.74) is 0. The Morgan fingerprint density at radius 2 is 2.05 bits per heavy atom. The molecule has 6 heteroatoms. The summed E-state index contributed by atoms with van der Waals surface area (Å²) in [7, 11) is -3.44. The van der Waals surface area contributed by atoms with Crippen molar-refractivity contribution in [2.75, 3.05) is 19.7 Å². The SMILES string of the molecule is CC(C)COc1ccc(S(=O)(=O)NC2CCNC2)cc1. The largest absolute Gasteiger partial charge is 0.493 e. The first-order valence-electron chi connectivity index (χ1n) is 6.93. The smallest absolute Gasteiger partial charge is 0.240 e. The fourth-order valence-corrected chi connectivity index (χ4v) is 3.29. The van der Waals surface area contributed by atoms with Crippen LogP contribution in [0, 0.1) is 5.92 Å². The van der Waals surface area contributed by atoms with Gasteiger partial charge in [-0.25, -0.2) is 13.1 Å². The van der Waals surface area contributed by atoms with E-state index < -0.39 is 10.0 Å². The molecule has 20 heavy (non-hydrogen) atoms. The fraction of sp³-hybridized carbons (Fsp3) is 0.571. The highest BCUT2D eigenvalue weighted by Crippen LogP contribution is 2.17. The summed E-state index contributed by atoms with van der Waals surface area (Å²) in [5.74, 6) is 1.13. The number of hydrogen-bond donors (Lipinski definition) is 2. The molecule has 1 fully saturated rings. The van der Waals surface area contributed by atoms with Crippen LogP contribution in [0.5, 0.6) is 5.75 Å². The van der Waals surface area contributed by atoms with Gasteiger partial charge in [-0.1, -0.05) is 13.8 Å². The van der Waals surface area contributed by atoms with Crippen molar-refractivity contribution in [1.29, 1.82) is 0 Å². The van der Waals surface area contributed by atoms with Gasteiger partial charge in [0.15, 0.2) is 0 Å². The van der Waals surface area contributed by atoms with Gasteiger partial charge in [-0.3, -0.25) is 0 Å². The topological polar surface area (TPSA) is 67.4 Å². The standard InChI is InChI=1S/C14H22N2O3S/c1-11(2)10-19-13-3-5-14(6-4-13)20(17,18)16-12-7-8-15-9-12/h3-6,11-12,15-16H,7-10H2,1-2H3. The van der Waals surface area contributed by atoms with Gasteiger partial charge in [-0.2, -0.15) is 0 Å². The van der Waals surface area contributed by atoms with Crippen LogP contribution in [0.15, 0.2) is 29.2 Å². The van der Waals surface area contributed by atoms with Crippen LogP contribution < -0.4 is 14.8 Å².